The van der Waals surface area contributed by atoms with Crippen LogP contribution in [0.5, 0.6) is 0 Å². The van der Waals surface area contributed by atoms with Crippen molar-refractivity contribution in [1.82, 2.24) is 10.2 Å². The maximum absolute atomic E-state index is 12.2. The average molecular weight is 411 g/mol. The topological polar surface area (TPSA) is 91.8 Å². The van der Waals surface area contributed by atoms with Gasteiger partial charge in [-0.05, 0) is 48.9 Å². The number of para-hydroxylation sites is 1. The third-order valence-electron chi connectivity index (χ3n) is 4.59. The van der Waals surface area contributed by atoms with Crippen molar-refractivity contribution in [2.24, 2.45) is 5.92 Å². The smallest absolute Gasteiger partial charge is 0.277 e. The summed E-state index contributed by atoms with van der Waals surface area (Å²) >= 11 is 2.90. The quantitative estimate of drug-likeness (QED) is 0.622. The SMILES string of the molecule is C[C@H]1CCc2sc(-c3nnc(SCC(=O)Nc4ccccc4C#N)o3)cc2C1. The summed E-state index contributed by atoms with van der Waals surface area (Å²) in [6, 6.07) is 11.1. The Morgan fingerprint density at radius 2 is 2.29 bits per heavy atom. The zero-order chi connectivity index (χ0) is 19.5. The number of rotatable bonds is 5. The third kappa shape index (κ3) is 4.11. The molecule has 2 aromatic heterocycles. The lowest BCUT2D eigenvalue weighted by atomic mass is 9.90. The van der Waals surface area contributed by atoms with Crippen molar-refractivity contribution in [3.63, 3.8) is 0 Å². The summed E-state index contributed by atoms with van der Waals surface area (Å²) in [7, 11) is 0. The molecule has 28 heavy (non-hydrogen) atoms. The van der Waals surface area contributed by atoms with E-state index in [2.05, 4.69) is 34.6 Å². The molecule has 4 rings (SSSR count). The minimum Gasteiger partial charge on any atom is -0.410 e. The van der Waals surface area contributed by atoms with Crippen LogP contribution in [0.15, 0.2) is 40.0 Å². The Kier molecular flexibility index (Phi) is 5.46. The molecule has 1 amide bonds. The number of nitriles is 1. The summed E-state index contributed by atoms with van der Waals surface area (Å²) in [6.45, 7) is 2.28. The molecule has 0 fully saturated rings. The van der Waals surface area contributed by atoms with Crippen LogP contribution in [0.25, 0.3) is 10.8 Å². The molecule has 142 valence electrons. The van der Waals surface area contributed by atoms with Gasteiger partial charge in [-0.15, -0.1) is 21.5 Å². The molecule has 0 radical (unpaired) electrons. The molecule has 0 bridgehead atoms. The predicted molar refractivity (Wildman–Crippen MR) is 109 cm³/mol. The zero-order valence-electron chi connectivity index (χ0n) is 15.3. The van der Waals surface area contributed by atoms with Crippen molar-refractivity contribution in [1.29, 1.82) is 5.26 Å². The molecule has 6 nitrogen and oxygen atoms in total. The molecule has 1 N–H and O–H groups in total. The lowest BCUT2D eigenvalue weighted by Crippen LogP contribution is -2.14. The maximum atomic E-state index is 12.2. The number of hydrogen-bond acceptors (Lipinski definition) is 7. The van der Waals surface area contributed by atoms with Crippen LogP contribution in [0.2, 0.25) is 0 Å². The largest absolute Gasteiger partial charge is 0.410 e. The van der Waals surface area contributed by atoms with Gasteiger partial charge in [0.2, 0.25) is 5.91 Å². The Bertz CT molecular complexity index is 1050. The fourth-order valence-corrected chi connectivity index (χ4v) is 4.87. The second-order valence-corrected chi connectivity index (χ2v) is 8.84. The summed E-state index contributed by atoms with van der Waals surface area (Å²) in [4.78, 5) is 14.6. The highest BCUT2D eigenvalue weighted by molar-refractivity contribution is 7.99. The number of aromatic nitrogens is 2. The predicted octanol–water partition coefficient (Wildman–Crippen LogP) is 4.53. The first kappa shape index (κ1) is 18.7. The van der Waals surface area contributed by atoms with Crippen molar-refractivity contribution in [2.75, 3.05) is 11.1 Å². The first-order valence-corrected chi connectivity index (χ1v) is 10.8. The van der Waals surface area contributed by atoms with Crippen LogP contribution in [0, 0.1) is 17.2 Å². The molecule has 0 aliphatic heterocycles. The van der Waals surface area contributed by atoms with E-state index in [1.165, 1.54) is 28.6 Å². The number of nitrogens with one attached hydrogen (secondary N) is 1. The van der Waals surface area contributed by atoms with E-state index in [-0.39, 0.29) is 11.7 Å². The highest BCUT2D eigenvalue weighted by Crippen LogP contribution is 2.37. The van der Waals surface area contributed by atoms with Crippen LogP contribution >= 0.6 is 23.1 Å². The average Bonchev–Trinajstić information content (AvgIpc) is 3.33. The van der Waals surface area contributed by atoms with Gasteiger partial charge in [0.15, 0.2) is 0 Å². The number of aryl methyl sites for hydroxylation is 1. The van der Waals surface area contributed by atoms with Gasteiger partial charge in [0.1, 0.15) is 6.07 Å². The summed E-state index contributed by atoms with van der Waals surface area (Å²) in [5.74, 6) is 1.12. The van der Waals surface area contributed by atoms with Crippen molar-refractivity contribution in [2.45, 2.75) is 31.4 Å². The van der Waals surface area contributed by atoms with Gasteiger partial charge in [-0.2, -0.15) is 5.26 Å². The summed E-state index contributed by atoms with van der Waals surface area (Å²) < 4.78 is 5.74. The third-order valence-corrected chi connectivity index (χ3v) is 6.64. The minimum atomic E-state index is -0.229. The van der Waals surface area contributed by atoms with E-state index in [4.69, 9.17) is 9.68 Å². The van der Waals surface area contributed by atoms with Crippen LogP contribution in [-0.4, -0.2) is 21.9 Å². The van der Waals surface area contributed by atoms with E-state index in [1.807, 2.05) is 0 Å². The zero-order valence-corrected chi connectivity index (χ0v) is 16.9. The molecule has 1 atom stereocenters. The van der Waals surface area contributed by atoms with Crippen LogP contribution in [0.3, 0.4) is 0 Å². The van der Waals surface area contributed by atoms with Gasteiger partial charge in [-0.1, -0.05) is 30.8 Å². The molecule has 1 aromatic carbocycles. The molecular weight excluding hydrogens is 392 g/mol. The van der Waals surface area contributed by atoms with Gasteiger partial charge >= 0.3 is 0 Å². The van der Waals surface area contributed by atoms with Crippen LogP contribution in [0.1, 0.15) is 29.3 Å². The van der Waals surface area contributed by atoms with Gasteiger partial charge in [-0.25, -0.2) is 0 Å². The Morgan fingerprint density at radius 1 is 1.43 bits per heavy atom. The molecule has 1 aliphatic rings. The molecular formula is C20H18N4O2S2. The lowest BCUT2D eigenvalue weighted by Gasteiger charge is -2.16. The minimum absolute atomic E-state index is 0.125. The molecule has 0 saturated carbocycles. The normalized spacial score (nSPS) is 15.6. The van der Waals surface area contributed by atoms with E-state index in [0.29, 0.717) is 28.3 Å². The Balaban J connectivity index is 1.38. The first-order chi connectivity index (χ1) is 13.6. The summed E-state index contributed by atoms with van der Waals surface area (Å²) in [5, 5.41) is 20.4. The highest BCUT2D eigenvalue weighted by atomic mass is 32.2. The Labute approximate surface area is 171 Å². The molecule has 1 aliphatic carbocycles. The van der Waals surface area contributed by atoms with Crippen molar-refractivity contribution in [3.05, 3.63) is 46.3 Å². The number of amides is 1. The number of thioether (sulfide) groups is 1. The second kappa shape index (κ2) is 8.17. The molecule has 8 heteroatoms. The van der Waals surface area contributed by atoms with Gasteiger partial charge in [-0.3, -0.25) is 4.79 Å². The van der Waals surface area contributed by atoms with Crippen LogP contribution in [-0.2, 0) is 17.6 Å². The molecule has 0 spiro atoms. The molecule has 2 heterocycles. The highest BCUT2D eigenvalue weighted by Gasteiger charge is 2.21. The molecule has 0 saturated heterocycles. The number of carbonyl (C=O) groups excluding carboxylic acids is 1. The van der Waals surface area contributed by atoms with Crippen LogP contribution in [0.4, 0.5) is 5.69 Å². The van der Waals surface area contributed by atoms with Crippen LogP contribution < -0.4 is 5.32 Å². The van der Waals surface area contributed by atoms with E-state index < -0.39 is 0 Å². The Hall–Kier alpha value is -2.63. The first-order valence-electron chi connectivity index (χ1n) is 8.99. The lowest BCUT2D eigenvalue weighted by molar-refractivity contribution is -0.113. The Morgan fingerprint density at radius 3 is 3.14 bits per heavy atom. The van der Waals surface area contributed by atoms with E-state index in [0.717, 1.165) is 17.7 Å². The number of anilines is 1. The monoisotopic (exact) mass is 410 g/mol. The fourth-order valence-electron chi connectivity index (χ4n) is 3.18. The van der Waals surface area contributed by atoms with Gasteiger partial charge in [0, 0.05) is 4.88 Å². The number of nitrogens with zero attached hydrogens (tertiary/aromatic N) is 3. The van der Waals surface area contributed by atoms with Gasteiger partial charge < -0.3 is 9.73 Å². The fraction of sp³-hybridized carbons (Fsp3) is 0.300. The number of carbonyl (C=O) groups is 1. The molecule has 0 unspecified atom stereocenters. The number of thiophene rings is 1. The van der Waals surface area contributed by atoms with Crippen molar-refractivity contribution < 1.29 is 9.21 Å². The number of benzene rings is 1. The van der Waals surface area contributed by atoms with Crippen molar-refractivity contribution >= 4 is 34.7 Å². The molecule has 3 aromatic rings. The van der Waals surface area contributed by atoms with Gasteiger partial charge in [0.05, 0.1) is 21.9 Å². The summed E-state index contributed by atoms with van der Waals surface area (Å²) in [6.07, 6.45) is 3.44. The standard InChI is InChI=1S/C20H18N4O2S2/c1-12-6-7-16-14(8-12)9-17(28-16)19-23-24-20(26-19)27-11-18(25)22-15-5-3-2-4-13(15)10-21/h2-5,9,12H,6-8,11H2,1H3,(H,22,25)/t12-/m0/s1. The second-order valence-electron chi connectivity index (χ2n) is 6.77. The number of hydrogen-bond donors (Lipinski definition) is 1. The van der Waals surface area contributed by atoms with Gasteiger partial charge in [0.25, 0.3) is 11.1 Å². The van der Waals surface area contributed by atoms with Crippen molar-refractivity contribution in [3.8, 4) is 16.8 Å². The van der Waals surface area contributed by atoms with E-state index >= 15 is 0 Å². The maximum Gasteiger partial charge on any atom is 0.277 e. The van der Waals surface area contributed by atoms with E-state index in [9.17, 15) is 4.79 Å². The van der Waals surface area contributed by atoms with E-state index in [1.54, 1.807) is 35.6 Å². The number of fused-ring (bicyclic) bond motifs is 1. The summed E-state index contributed by atoms with van der Waals surface area (Å²) in [5.41, 5.74) is 2.32.